The normalized spacial score (nSPS) is 19.3. The molecule has 2 amide bonds. The van der Waals surface area contributed by atoms with Gasteiger partial charge in [-0.3, -0.25) is 9.59 Å². The molecule has 0 bridgehead atoms. The van der Waals surface area contributed by atoms with Crippen molar-refractivity contribution in [3.63, 3.8) is 0 Å². The number of ether oxygens (including phenoxy) is 1. The minimum Gasteiger partial charge on any atom is -0.456 e. The Morgan fingerprint density at radius 2 is 2.00 bits per heavy atom. The number of carbonyl (C=O) groups is 3. The Morgan fingerprint density at radius 3 is 2.68 bits per heavy atom. The molecule has 3 aliphatic heterocycles. The van der Waals surface area contributed by atoms with Crippen LogP contribution in [0.15, 0.2) is 6.20 Å². The Morgan fingerprint density at radius 1 is 1.25 bits per heavy atom. The lowest BCUT2D eigenvalue weighted by molar-refractivity contribution is -0.149. The Labute approximate surface area is 175 Å². The van der Waals surface area contributed by atoms with Gasteiger partial charge in [-0.05, 0) is 32.4 Å². The largest absolute Gasteiger partial charge is 0.456 e. The summed E-state index contributed by atoms with van der Waals surface area (Å²) in [5.41, 5.74) is 0.828. The van der Waals surface area contributed by atoms with Crippen LogP contribution in [0.3, 0.4) is 0 Å². The molecular formula is C17H25Cl2N5O4. The number of imidazole rings is 1. The monoisotopic (exact) mass is 433 g/mol. The highest BCUT2D eigenvalue weighted by Crippen LogP contribution is 2.24. The number of fused-ring (bicyclic) bond motifs is 1. The summed E-state index contributed by atoms with van der Waals surface area (Å²) in [5.74, 6) is -0.0581. The van der Waals surface area contributed by atoms with Gasteiger partial charge in [0.05, 0.1) is 18.4 Å². The summed E-state index contributed by atoms with van der Waals surface area (Å²) in [7, 11) is 0. The molecule has 4 rings (SSSR count). The number of hydrogen-bond donors (Lipinski definition) is 1. The summed E-state index contributed by atoms with van der Waals surface area (Å²) < 4.78 is 6.81. The number of halogens is 2. The van der Waals surface area contributed by atoms with Crippen molar-refractivity contribution in [2.75, 3.05) is 26.2 Å². The Kier molecular flexibility index (Phi) is 7.68. The third-order valence-corrected chi connectivity index (χ3v) is 5.28. The molecule has 0 atom stereocenters. The average molecular weight is 434 g/mol. The summed E-state index contributed by atoms with van der Waals surface area (Å²) in [4.78, 5) is 43.9. The van der Waals surface area contributed by atoms with Gasteiger partial charge in [0, 0.05) is 19.0 Å². The van der Waals surface area contributed by atoms with Crippen molar-refractivity contribution in [2.45, 2.75) is 44.9 Å². The lowest BCUT2D eigenvalue weighted by Gasteiger charge is -2.30. The molecule has 2 saturated heterocycles. The van der Waals surface area contributed by atoms with Gasteiger partial charge in [0.2, 0.25) is 5.91 Å². The van der Waals surface area contributed by atoms with E-state index < -0.39 is 5.97 Å². The third-order valence-electron chi connectivity index (χ3n) is 5.28. The van der Waals surface area contributed by atoms with Gasteiger partial charge >= 0.3 is 12.0 Å². The zero-order chi connectivity index (χ0) is 18.1. The lowest BCUT2D eigenvalue weighted by atomic mass is 10.1. The van der Waals surface area contributed by atoms with Crippen LogP contribution in [-0.2, 0) is 27.5 Å². The van der Waals surface area contributed by atoms with Gasteiger partial charge in [0.15, 0.2) is 5.82 Å². The van der Waals surface area contributed by atoms with Crippen molar-refractivity contribution in [3.05, 3.63) is 17.7 Å². The SMILES string of the molecule is Cl.Cl.O=C(CN1CCCC1=O)OCc1ncc2n1C(=O)N(C1CCNCC1)C2. The van der Waals surface area contributed by atoms with Crippen LogP contribution in [-0.4, -0.2) is 69.5 Å². The number of amides is 2. The molecule has 0 spiro atoms. The summed E-state index contributed by atoms with van der Waals surface area (Å²) in [6.45, 7) is 2.87. The highest BCUT2D eigenvalue weighted by atomic mass is 35.5. The maximum atomic E-state index is 12.8. The second-order valence-electron chi connectivity index (χ2n) is 6.97. The van der Waals surface area contributed by atoms with Gasteiger partial charge in [-0.25, -0.2) is 14.3 Å². The summed E-state index contributed by atoms with van der Waals surface area (Å²) in [5, 5.41) is 3.30. The zero-order valence-electron chi connectivity index (χ0n) is 15.5. The van der Waals surface area contributed by atoms with Crippen LogP contribution in [0.1, 0.15) is 37.2 Å². The predicted molar refractivity (Wildman–Crippen MR) is 105 cm³/mol. The van der Waals surface area contributed by atoms with Crippen molar-refractivity contribution < 1.29 is 19.1 Å². The van der Waals surface area contributed by atoms with Crippen molar-refractivity contribution in [3.8, 4) is 0 Å². The molecule has 0 unspecified atom stereocenters. The summed E-state index contributed by atoms with van der Waals surface area (Å²) >= 11 is 0. The standard InChI is InChI=1S/C17H23N5O4.2ClH/c23-15-2-1-7-20(15)10-16(24)26-11-14-19-8-13-9-21(17(25)22(13)14)12-3-5-18-6-4-12;;/h8,12,18H,1-7,9-11H2;2*1H. The second kappa shape index (κ2) is 9.58. The Bertz CT molecular complexity index is 735. The van der Waals surface area contributed by atoms with Crippen LogP contribution < -0.4 is 5.32 Å². The molecule has 1 aromatic heterocycles. The van der Waals surface area contributed by atoms with Crippen molar-refractivity contribution in [1.82, 2.24) is 24.7 Å². The molecule has 156 valence electrons. The highest BCUT2D eigenvalue weighted by molar-refractivity contribution is 5.86. The number of likely N-dealkylation sites (tertiary alicyclic amines) is 1. The quantitative estimate of drug-likeness (QED) is 0.693. The number of esters is 1. The Hall–Kier alpha value is -1.84. The third kappa shape index (κ3) is 4.42. The van der Waals surface area contributed by atoms with E-state index in [0.29, 0.717) is 25.3 Å². The predicted octanol–water partition coefficient (Wildman–Crippen LogP) is 0.928. The summed E-state index contributed by atoms with van der Waals surface area (Å²) in [6, 6.07) is 0.144. The Balaban J connectivity index is 0.00000140. The van der Waals surface area contributed by atoms with E-state index in [-0.39, 0.29) is 55.9 Å². The zero-order valence-corrected chi connectivity index (χ0v) is 17.1. The minimum absolute atomic E-state index is 0. The fraction of sp³-hybridized carbons (Fsp3) is 0.647. The number of piperidine rings is 1. The van der Waals surface area contributed by atoms with Gasteiger partial charge in [0.25, 0.3) is 0 Å². The van der Waals surface area contributed by atoms with E-state index in [2.05, 4.69) is 10.3 Å². The van der Waals surface area contributed by atoms with Crippen molar-refractivity contribution in [1.29, 1.82) is 0 Å². The smallest absolute Gasteiger partial charge is 0.330 e. The lowest BCUT2D eigenvalue weighted by Crippen LogP contribution is -2.44. The molecular weight excluding hydrogens is 409 g/mol. The van der Waals surface area contributed by atoms with E-state index in [1.807, 2.05) is 4.90 Å². The van der Waals surface area contributed by atoms with Crippen LogP contribution in [0.25, 0.3) is 0 Å². The maximum absolute atomic E-state index is 12.8. The van der Waals surface area contributed by atoms with Crippen LogP contribution in [0.2, 0.25) is 0 Å². The molecule has 3 aliphatic rings. The molecule has 4 heterocycles. The van der Waals surface area contributed by atoms with Crippen LogP contribution >= 0.6 is 24.8 Å². The van der Waals surface area contributed by atoms with E-state index in [9.17, 15) is 14.4 Å². The molecule has 11 heteroatoms. The number of nitrogens with zero attached hydrogens (tertiary/aromatic N) is 4. The van der Waals surface area contributed by atoms with E-state index in [1.54, 1.807) is 10.8 Å². The van der Waals surface area contributed by atoms with Crippen LogP contribution in [0.4, 0.5) is 4.79 Å². The number of rotatable bonds is 5. The number of nitrogens with one attached hydrogen (secondary N) is 1. The van der Waals surface area contributed by atoms with E-state index >= 15 is 0 Å². The van der Waals surface area contributed by atoms with Gasteiger partial charge in [-0.1, -0.05) is 0 Å². The molecule has 0 aliphatic carbocycles. The minimum atomic E-state index is -0.474. The first-order valence-electron chi connectivity index (χ1n) is 9.14. The molecule has 0 saturated carbocycles. The first-order chi connectivity index (χ1) is 12.6. The number of carbonyl (C=O) groups excluding carboxylic acids is 3. The van der Waals surface area contributed by atoms with Gasteiger partial charge in [0.1, 0.15) is 13.2 Å². The fourth-order valence-corrected chi connectivity index (χ4v) is 3.87. The van der Waals surface area contributed by atoms with E-state index in [4.69, 9.17) is 4.74 Å². The first kappa shape index (κ1) is 22.4. The van der Waals surface area contributed by atoms with Crippen molar-refractivity contribution in [2.24, 2.45) is 0 Å². The molecule has 2 fully saturated rings. The topological polar surface area (TPSA) is 96.8 Å². The van der Waals surface area contributed by atoms with Gasteiger partial charge in [-0.2, -0.15) is 0 Å². The maximum Gasteiger partial charge on any atom is 0.330 e. The second-order valence-corrected chi connectivity index (χ2v) is 6.97. The molecule has 28 heavy (non-hydrogen) atoms. The van der Waals surface area contributed by atoms with Gasteiger partial charge < -0.3 is 19.9 Å². The van der Waals surface area contributed by atoms with Crippen molar-refractivity contribution >= 4 is 42.7 Å². The average Bonchev–Trinajstić information content (AvgIpc) is 3.32. The van der Waals surface area contributed by atoms with Gasteiger partial charge in [-0.15, -0.1) is 24.8 Å². The summed E-state index contributed by atoms with van der Waals surface area (Å²) in [6.07, 6.45) is 4.82. The molecule has 0 radical (unpaired) electrons. The molecule has 9 nitrogen and oxygen atoms in total. The number of aromatic nitrogens is 2. The fourth-order valence-electron chi connectivity index (χ4n) is 3.87. The van der Waals surface area contributed by atoms with E-state index in [0.717, 1.165) is 38.0 Å². The van der Waals surface area contributed by atoms with Crippen LogP contribution in [0.5, 0.6) is 0 Å². The van der Waals surface area contributed by atoms with Crippen LogP contribution in [0, 0.1) is 0 Å². The number of hydrogen-bond acceptors (Lipinski definition) is 6. The molecule has 0 aromatic carbocycles. The first-order valence-corrected chi connectivity index (χ1v) is 9.14. The van der Waals surface area contributed by atoms with E-state index in [1.165, 1.54) is 4.90 Å². The molecule has 1 N–H and O–H groups in total. The highest BCUT2D eigenvalue weighted by Gasteiger charge is 2.35. The molecule has 1 aromatic rings.